The molecule has 0 aromatic carbocycles. The van der Waals surface area contributed by atoms with E-state index >= 15 is 0 Å². The van der Waals surface area contributed by atoms with Crippen LogP contribution in [0.4, 0.5) is 0 Å². The number of allylic oxidation sites excluding steroid dienone is 4. The number of carbonyl (C=O) groups is 1. The highest BCUT2D eigenvalue weighted by Gasteiger charge is 2.34. The van der Waals surface area contributed by atoms with E-state index in [9.17, 15) is 15.2 Å². The number of thioether (sulfide) groups is 1. The van der Waals surface area contributed by atoms with Crippen LogP contribution in [-0.2, 0) is 4.79 Å². The van der Waals surface area contributed by atoms with E-state index in [-0.39, 0.29) is 11.6 Å². The molecular weight excluding hydrogens is 288 g/mol. The van der Waals surface area contributed by atoms with Gasteiger partial charge in [-0.15, -0.1) is 0 Å². The smallest absolute Gasteiger partial charge is 0.262 e. The summed E-state index contributed by atoms with van der Waals surface area (Å²) in [6, 6.07) is 0. The molecule has 1 unspecified atom stereocenters. The van der Waals surface area contributed by atoms with Gasteiger partial charge in [-0.05, 0) is 12.2 Å². The second kappa shape index (κ2) is 5.41. The van der Waals surface area contributed by atoms with Gasteiger partial charge in [-0.25, -0.2) is 0 Å². The van der Waals surface area contributed by atoms with E-state index in [0.29, 0.717) is 10.0 Å². The lowest BCUT2D eigenvalue weighted by molar-refractivity contribution is -0.377. The fraction of sp³-hybridized carbons (Fsp3) is 0.200. The second-order valence-electron chi connectivity index (χ2n) is 3.68. The van der Waals surface area contributed by atoms with Crippen LogP contribution in [0.1, 0.15) is 0 Å². The van der Waals surface area contributed by atoms with Gasteiger partial charge in [-0.2, -0.15) is 10.0 Å². The molecule has 1 amide bonds. The van der Waals surface area contributed by atoms with Gasteiger partial charge in [-0.1, -0.05) is 24.0 Å². The number of carbonyl (C=O) groups excluding carboxylic acids is 1. The molecular formula is C10H9N4O3S2-. The Labute approximate surface area is 118 Å². The van der Waals surface area contributed by atoms with Gasteiger partial charge in [0.1, 0.15) is 4.32 Å². The standard InChI is InChI=1S/C10H9N4O3S2/c1-13-9(15)8(19-10(13)18)12-11-6-2-4-7(5-3-6)14(16)17/h2-5,8,12H,1H3/q-1. The maximum absolute atomic E-state index is 11.7. The summed E-state index contributed by atoms with van der Waals surface area (Å²) in [6.07, 6.45) is 5.69. The van der Waals surface area contributed by atoms with Gasteiger partial charge in [0.2, 0.25) is 5.71 Å². The van der Waals surface area contributed by atoms with E-state index in [2.05, 4.69) is 10.5 Å². The highest BCUT2D eigenvalue weighted by molar-refractivity contribution is 8.24. The lowest BCUT2D eigenvalue weighted by Crippen LogP contribution is -2.34. The first-order valence-electron chi connectivity index (χ1n) is 5.18. The predicted molar refractivity (Wildman–Crippen MR) is 77.6 cm³/mol. The molecule has 1 heterocycles. The fourth-order valence-electron chi connectivity index (χ4n) is 1.36. The van der Waals surface area contributed by atoms with Crippen LogP contribution in [0.25, 0.3) is 0 Å². The number of hydrazone groups is 1. The zero-order chi connectivity index (χ0) is 14.0. The maximum atomic E-state index is 11.7. The first kappa shape index (κ1) is 13.6. The van der Waals surface area contributed by atoms with Gasteiger partial charge in [0.15, 0.2) is 5.37 Å². The Morgan fingerprint density at radius 1 is 1.42 bits per heavy atom. The fourth-order valence-corrected chi connectivity index (χ4v) is 2.55. The number of amides is 1. The molecule has 0 saturated carbocycles. The van der Waals surface area contributed by atoms with Crippen molar-refractivity contribution in [2.75, 3.05) is 7.05 Å². The van der Waals surface area contributed by atoms with Crippen molar-refractivity contribution in [3.8, 4) is 0 Å². The van der Waals surface area contributed by atoms with Gasteiger partial charge in [0.25, 0.3) is 5.91 Å². The van der Waals surface area contributed by atoms with E-state index < -0.39 is 10.3 Å². The summed E-state index contributed by atoms with van der Waals surface area (Å²) in [5, 5.41) is 24.4. The number of likely N-dealkylation sites (N-methyl/N-ethyl adjacent to an activating group) is 1. The molecule has 19 heavy (non-hydrogen) atoms. The Balaban J connectivity index is 2.01. The molecule has 0 aromatic rings. The van der Waals surface area contributed by atoms with Gasteiger partial charge in [0.05, 0.1) is 5.71 Å². The zero-order valence-electron chi connectivity index (χ0n) is 9.77. The maximum Gasteiger partial charge on any atom is 0.262 e. The average molecular weight is 297 g/mol. The van der Waals surface area contributed by atoms with Crippen LogP contribution in [0.2, 0.25) is 0 Å². The Morgan fingerprint density at radius 3 is 2.53 bits per heavy atom. The van der Waals surface area contributed by atoms with Gasteiger partial charge in [0, 0.05) is 19.2 Å². The summed E-state index contributed by atoms with van der Waals surface area (Å²) >= 11 is 6.19. The molecule has 1 saturated heterocycles. The van der Waals surface area contributed by atoms with Crippen LogP contribution in [0, 0.1) is 10.4 Å². The predicted octanol–water partition coefficient (Wildman–Crippen LogP) is 0.323. The normalized spacial score (nSPS) is 22.2. The molecule has 2 aliphatic rings. The molecule has 1 atom stereocenters. The highest BCUT2D eigenvalue weighted by atomic mass is 32.2. The van der Waals surface area contributed by atoms with Crippen LogP contribution in [0.3, 0.4) is 0 Å². The molecule has 0 aromatic heterocycles. The summed E-state index contributed by atoms with van der Waals surface area (Å²) < 4.78 is 0.487. The summed E-state index contributed by atoms with van der Waals surface area (Å²) in [5.41, 5.74) is 3.19. The minimum atomic E-state index is -0.548. The third kappa shape index (κ3) is 2.93. The summed E-state index contributed by atoms with van der Waals surface area (Å²) in [7, 11) is 1.60. The first-order valence-corrected chi connectivity index (χ1v) is 6.47. The molecule has 100 valence electrons. The van der Waals surface area contributed by atoms with Gasteiger partial charge in [-0.3, -0.25) is 15.1 Å². The molecule has 9 heteroatoms. The number of hydrogen-bond acceptors (Lipinski definition) is 7. The van der Waals surface area contributed by atoms with Gasteiger partial charge >= 0.3 is 0 Å². The number of nitrogens with one attached hydrogen (secondary N) is 1. The third-order valence-electron chi connectivity index (χ3n) is 2.42. The Morgan fingerprint density at radius 2 is 2.05 bits per heavy atom. The lowest BCUT2D eigenvalue weighted by atomic mass is 10.1. The van der Waals surface area contributed by atoms with Crippen molar-refractivity contribution in [3.05, 3.63) is 34.7 Å². The van der Waals surface area contributed by atoms with Crippen molar-refractivity contribution >= 4 is 45.6 Å². The zero-order valence-corrected chi connectivity index (χ0v) is 11.4. The summed E-state index contributed by atoms with van der Waals surface area (Å²) in [5.74, 6) is -0.166. The first-order chi connectivity index (χ1) is 8.99. The second-order valence-corrected chi connectivity index (χ2v) is 5.41. The SMILES string of the molecule is CN1C(=O)C(NN=C2C=CC(=[N+]([O-])[O-])C=C2)SC1=S. The van der Waals surface area contributed by atoms with E-state index in [1.807, 2.05) is 0 Å². The number of thiocarbonyl (C=S) groups is 1. The third-order valence-corrected chi connectivity index (χ3v) is 4.00. The van der Waals surface area contributed by atoms with Crippen molar-refractivity contribution < 1.29 is 9.70 Å². The largest absolute Gasteiger partial charge is 0.612 e. The molecule has 0 bridgehead atoms. The van der Waals surface area contributed by atoms with Crippen LogP contribution in [0.15, 0.2) is 29.4 Å². The molecule has 1 N–H and O–H groups in total. The van der Waals surface area contributed by atoms with Crippen molar-refractivity contribution in [1.29, 1.82) is 0 Å². The molecule has 1 aliphatic carbocycles. The number of hydrogen-bond donors (Lipinski definition) is 1. The number of rotatable bonds is 2. The summed E-state index contributed by atoms with van der Waals surface area (Å²) in [4.78, 5) is 12.6. The van der Waals surface area contributed by atoms with Crippen molar-refractivity contribution in [1.82, 2.24) is 10.3 Å². The minimum absolute atomic E-state index is 0.00817. The quantitative estimate of drug-likeness (QED) is 0.341. The molecule has 7 nitrogen and oxygen atoms in total. The Bertz CT molecular complexity index is 531. The minimum Gasteiger partial charge on any atom is -0.612 e. The van der Waals surface area contributed by atoms with Crippen LogP contribution in [0.5, 0.6) is 0 Å². The van der Waals surface area contributed by atoms with Crippen molar-refractivity contribution in [2.24, 2.45) is 5.10 Å². The van der Waals surface area contributed by atoms with E-state index in [0.717, 1.165) is 0 Å². The molecule has 0 radical (unpaired) electrons. The van der Waals surface area contributed by atoms with E-state index in [1.54, 1.807) is 7.05 Å². The molecule has 0 spiro atoms. The van der Waals surface area contributed by atoms with Crippen LogP contribution < -0.4 is 5.43 Å². The van der Waals surface area contributed by atoms with Crippen LogP contribution in [-0.4, -0.2) is 43.9 Å². The lowest BCUT2D eigenvalue weighted by Gasteiger charge is -2.09. The van der Waals surface area contributed by atoms with Gasteiger partial charge < -0.3 is 10.4 Å². The number of nitrogens with zero attached hydrogens (tertiary/aromatic N) is 3. The Hall–Kier alpha value is -1.87. The van der Waals surface area contributed by atoms with E-state index in [4.69, 9.17) is 12.2 Å². The Kier molecular flexibility index (Phi) is 3.86. The molecule has 2 rings (SSSR count). The molecule has 1 fully saturated rings. The highest BCUT2D eigenvalue weighted by Crippen LogP contribution is 2.23. The summed E-state index contributed by atoms with van der Waals surface area (Å²) in [6.45, 7) is 0. The molecule has 1 aliphatic heterocycles. The topological polar surface area (TPSA) is 93.8 Å². The monoisotopic (exact) mass is 297 g/mol. The van der Waals surface area contributed by atoms with Crippen molar-refractivity contribution in [2.45, 2.75) is 5.37 Å². The van der Waals surface area contributed by atoms with Crippen molar-refractivity contribution in [3.63, 3.8) is 0 Å². The van der Waals surface area contributed by atoms with E-state index in [1.165, 1.54) is 41.0 Å². The van der Waals surface area contributed by atoms with Crippen LogP contribution >= 0.6 is 24.0 Å². The average Bonchev–Trinajstić information content (AvgIpc) is 2.64.